The molecule has 0 radical (unpaired) electrons. The van der Waals surface area contributed by atoms with E-state index in [-0.39, 0.29) is 17.7 Å². The Morgan fingerprint density at radius 2 is 2.24 bits per heavy atom. The molecule has 6 heteroatoms. The normalized spacial score (nSPS) is 21.0. The number of nitrogens with one attached hydrogen (secondary N) is 1. The molecule has 21 heavy (non-hydrogen) atoms. The zero-order valence-corrected chi connectivity index (χ0v) is 13.1. The fourth-order valence-electron chi connectivity index (χ4n) is 2.56. The summed E-state index contributed by atoms with van der Waals surface area (Å²) in [5.41, 5.74) is 1.60. The van der Waals surface area contributed by atoms with Gasteiger partial charge in [0.05, 0.1) is 17.3 Å². The van der Waals surface area contributed by atoms with Gasteiger partial charge in [-0.2, -0.15) is 0 Å². The molecule has 0 bridgehead atoms. The summed E-state index contributed by atoms with van der Waals surface area (Å²) in [6, 6.07) is 5.89. The van der Waals surface area contributed by atoms with Crippen molar-refractivity contribution >= 4 is 38.5 Å². The fourth-order valence-corrected chi connectivity index (χ4v) is 2.92. The van der Waals surface area contributed by atoms with Gasteiger partial charge in [-0.15, -0.1) is 0 Å². The first-order valence-corrected chi connectivity index (χ1v) is 7.48. The summed E-state index contributed by atoms with van der Waals surface area (Å²) in [5.74, 6) is -0.977. The lowest BCUT2D eigenvalue weighted by molar-refractivity contribution is 0.0329. The van der Waals surface area contributed by atoms with Gasteiger partial charge >= 0.3 is 5.97 Å². The number of benzene rings is 1. The summed E-state index contributed by atoms with van der Waals surface area (Å²) in [7, 11) is 1.70. The van der Waals surface area contributed by atoms with Gasteiger partial charge in [-0.3, -0.25) is 4.98 Å². The van der Waals surface area contributed by atoms with Crippen LogP contribution in [0.4, 0.5) is 5.69 Å². The van der Waals surface area contributed by atoms with Crippen LogP contribution >= 0.6 is 15.9 Å². The predicted octanol–water partition coefficient (Wildman–Crippen LogP) is 3.28. The van der Waals surface area contributed by atoms with Crippen molar-refractivity contribution in [3.8, 4) is 0 Å². The maximum atomic E-state index is 11.4. The zero-order valence-electron chi connectivity index (χ0n) is 11.5. The number of carboxylic acids is 1. The quantitative estimate of drug-likeness (QED) is 0.885. The first kappa shape index (κ1) is 14.3. The highest BCUT2D eigenvalue weighted by atomic mass is 79.9. The van der Waals surface area contributed by atoms with E-state index in [1.54, 1.807) is 7.11 Å². The Morgan fingerprint density at radius 1 is 1.48 bits per heavy atom. The van der Waals surface area contributed by atoms with Crippen LogP contribution < -0.4 is 5.32 Å². The molecule has 3 rings (SSSR count). The van der Waals surface area contributed by atoms with E-state index < -0.39 is 5.97 Å². The van der Waals surface area contributed by atoms with E-state index in [2.05, 4.69) is 26.2 Å². The molecule has 0 amide bonds. The lowest BCUT2D eigenvalue weighted by Gasteiger charge is -2.35. The summed E-state index contributed by atoms with van der Waals surface area (Å²) < 4.78 is 6.16. The van der Waals surface area contributed by atoms with Crippen molar-refractivity contribution in [2.24, 2.45) is 0 Å². The number of nitrogens with zero attached hydrogens (tertiary/aromatic N) is 1. The number of rotatable bonds is 4. The molecule has 2 N–H and O–H groups in total. The SMILES string of the molecule is COC1CC(Nc2c(C(=O)O)cnc3ccc(Br)cc23)C1. The smallest absolute Gasteiger partial charge is 0.339 e. The first-order chi connectivity index (χ1) is 10.1. The minimum absolute atomic E-state index is 0.196. The van der Waals surface area contributed by atoms with Gasteiger partial charge in [0.2, 0.25) is 0 Å². The third kappa shape index (κ3) is 2.73. The molecule has 5 nitrogen and oxygen atoms in total. The number of aromatic carboxylic acids is 1. The number of methoxy groups -OCH3 is 1. The number of anilines is 1. The topological polar surface area (TPSA) is 71.5 Å². The summed E-state index contributed by atoms with van der Waals surface area (Å²) in [5, 5.41) is 13.5. The largest absolute Gasteiger partial charge is 0.478 e. The summed E-state index contributed by atoms with van der Waals surface area (Å²) in [4.78, 5) is 15.7. The van der Waals surface area contributed by atoms with Gasteiger partial charge in [0.15, 0.2) is 0 Å². The number of pyridine rings is 1. The number of ether oxygens (including phenoxy) is 1. The number of hydrogen-bond acceptors (Lipinski definition) is 4. The van der Waals surface area contributed by atoms with Crippen LogP contribution in [0, 0.1) is 0 Å². The van der Waals surface area contributed by atoms with Crippen LogP contribution in [-0.2, 0) is 4.74 Å². The van der Waals surface area contributed by atoms with Gasteiger partial charge in [-0.25, -0.2) is 4.79 Å². The standard InChI is InChI=1S/C15H15BrN2O3/c1-21-10-5-9(6-10)18-14-11-4-8(16)2-3-13(11)17-7-12(14)15(19)20/h2-4,7,9-10H,5-6H2,1H3,(H,17,18)(H,19,20). The molecule has 1 saturated carbocycles. The maximum absolute atomic E-state index is 11.4. The molecular weight excluding hydrogens is 336 g/mol. The van der Waals surface area contributed by atoms with Crippen LogP contribution in [0.1, 0.15) is 23.2 Å². The number of carboxylic acid groups (broad SMARTS) is 1. The minimum atomic E-state index is -0.977. The Hall–Kier alpha value is -1.66. The highest BCUT2D eigenvalue weighted by molar-refractivity contribution is 9.10. The predicted molar refractivity (Wildman–Crippen MR) is 83.8 cm³/mol. The molecule has 1 aliphatic carbocycles. The minimum Gasteiger partial charge on any atom is -0.478 e. The summed E-state index contributed by atoms with van der Waals surface area (Å²) in [6.07, 6.45) is 3.43. The molecule has 0 aliphatic heterocycles. The number of hydrogen-bond donors (Lipinski definition) is 2. The molecule has 0 saturated heterocycles. The van der Waals surface area contributed by atoms with Crippen molar-refractivity contribution in [1.29, 1.82) is 0 Å². The van der Waals surface area contributed by atoms with Crippen molar-refractivity contribution in [3.63, 3.8) is 0 Å². The Kier molecular flexibility index (Phi) is 3.82. The Labute approximate surface area is 130 Å². The van der Waals surface area contributed by atoms with Crippen molar-refractivity contribution < 1.29 is 14.6 Å². The fraction of sp³-hybridized carbons (Fsp3) is 0.333. The van der Waals surface area contributed by atoms with Crippen molar-refractivity contribution in [2.45, 2.75) is 25.0 Å². The third-order valence-electron chi connectivity index (χ3n) is 3.84. The summed E-state index contributed by atoms with van der Waals surface area (Å²) in [6.45, 7) is 0. The zero-order chi connectivity index (χ0) is 15.0. The van der Waals surface area contributed by atoms with Crippen LogP contribution in [0.25, 0.3) is 10.9 Å². The average Bonchev–Trinajstić information content (AvgIpc) is 2.41. The third-order valence-corrected chi connectivity index (χ3v) is 4.33. The lowest BCUT2D eigenvalue weighted by atomic mass is 9.88. The van der Waals surface area contributed by atoms with E-state index in [0.717, 1.165) is 28.2 Å². The second-order valence-corrected chi connectivity index (χ2v) is 6.10. The number of carbonyl (C=O) groups is 1. The first-order valence-electron chi connectivity index (χ1n) is 6.69. The van der Waals surface area contributed by atoms with E-state index in [1.807, 2.05) is 18.2 Å². The highest BCUT2D eigenvalue weighted by Crippen LogP contribution is 2.33. The van der Waals surface area contributed by atoms with Crippen LogP contribution in [0.2, 0.25) is 0 Å². The molecule has 1 heterocycles. The maximum Gasteiger partial charge on any atom is 0.339 e. The number of halogens is 1. The molecule has 0 unspecified atom stereocenters. The molecular formula is C15H15BrN2O3. The van der Waals surface area contributed by atoms with Gasteiger partial charge in [0.1, 0.15) is 5.56 Å². The van der Waals surface area contributed by atoms with Gasteiger partial charge in [-0.1, -0.05) is 15.9 Å². The van der Waals surface area contributed by atoms with Gasteiger partial charge < -0.3 is 15.2 Å². The van der Waals surface area contributed by atoms with Crippen LogP contribution in [0.5, 0.6) is 0 Å². The van der Waals surface area contributed by atoms with Crippen molar-refractivity contribution in [1.82, 2.24) is 4.98 Å². The van der Waals surface area contributed by atoms with E-state index in [9.17, 15) is 9.90 Å². The molecule has 0 spiro atoms. The second-order valence-electron chi connectivity index (χ2n) is 5.18. The van der Waals surface area contributed by atoms with Gasteiger partial charge in [0.25, 0.3) is 0 Å². The van der Waals surface area contributed by atoms with Crippen molar-refractivity contribution in [3.05, 3.63) is 34.4 Å². The van der Waals surface area contributed by atoms with Gasteiger partial charge in [-0.05, 0) is 31.0 Å². The molecule has 1 aromatic carbocycles. The lowest BCUT2D eigenvalue weighted by Crippen LogP contribution is -2.40. The monoisotopic (exact) mass is 350 g/mol. The van der Waals surface area contributed by atoms with E-state index in [0.29, 0.717) is 5.69 Å². The van der Waals surface area contributed by atoms with Crippen LogP contribution in [0.3, 0.4) is 0 Å². The van der Waals surface area contributed by atoms with Crippen LogP contribution in [0.15, 0.2) is 28.9 Å². The van der Waals surface area contributed by atoms with Gasteiger partial charge in [0, 0.05) is 29.2 Å². The average molecular weight is 351 g/mol. The molecule has 110 valence electrons. The molecule has 0 atom stereocenters. The Balaban J connectivity index is 2.02. The number of fused-ring (bicyclic) bond motifs is 1. The van der Waals surface area contributed by atoms with E-state index in [4.69, 9.17) is 4.74 Å². The van der Waals surface area contributed by atoms with Crippen molar-refractivity contribution in [2.75, 3.05) is 12.4 Å². The van der Waals surface area contributed by atoms with E-state index >= 15 is 0 Å². The Bertz CT molecular complexity index is 699. The molecule has 1 fully saturated rings. The number of aromatic nitrogens is 1. The van der Waals surface area contributed by atoms with Crippen LogP contribution in [-0.4, -0.2) is 35.3 Å². The molecule has 1 aromatic heterocycles. The highest BCUT2D eigenvalue weighted by Gasteiger charge is 2.30. The molecule has 2 aromatic rings. The summed E-state index contributed by atoms with van der Waals surface area (Å²) >= 11 is 3.42. The van der Waals surface area contributed by atoms with E-state index in [1.165, 1.54) is 6.20 Å². The Morgan fingerprint density at radius 3 is 2.90 bits per heavy atom. The molecule has 1 aliphatic rings. The second kappa shape index (κ2) is 5.61.